The zero-order valence-electron chi connectivity index (χ0n) is 14.4. The molecule has 0 aliphatic heterocycles. The van der Waals surface area contributed by atoms with Crippen LogP contribution in [0.2, 0.25) is 0 Å². The van der Waals surface area contributed by atoms with Crippen LogP contribution >= 0.6 is 0 Å². The first-order valence-electron chi connectivity index (χ1n) is 8.75. The Morgan fingerprint density at radius 3 is 2.36 bits per heavy atom. The summed E-state index contributed by atoms with van der Waals surface area (Å²) in [6.07, 6.45) is 3.27. The first-order chi connectivity index (χ1) is 12.0. The van der Waals surface area contributed by atoms with Gasteiger partial charge in [-0.1, -0.05) is 30.3 Å². The minimum Gasteiger partial charge on any atom is -0.356 e. The fourth-order valence-corrected chi connectivity index (χ4v) is 3.89. The predicted molar refractivity (Wildman–Crippen MR) is 96.5 cm³/mol. The van der Waals surface area contributed by atoms with Gasteiger partial charge in [-0.2, -0.15) is 0 Å². The van der Waals surface area contributed by atoms with Gasteiger partial charge in [-0.25, -0.2) is 8.42 Å². The van der Waals surface area contributed by atoms with Crippen LogP contribution in [-0.4, -0.2) is 39.1 Å². The Labute approximate surface area is 149 Å². The highest BCUT2D eigenvalue weighted by Gasteiger charge is 2.28. The van der Waals surface area contributed by atoms with Gasteiger partial charge >= 0.3 is 0 Å². The molecule has 0 radical (unpaired) electrons. The van der Waals surface area contributed by atoms with Crippen molar-refractivity contribution in [2.45, 2.75) is 37.9 Å². The maximum atomic E-state index is 12.0. The molecule has 0 spiro atoms. The van der Waals surface area contributed by atoms with Crippen LogP contribution in [0.15, 0.2) is 30.3 Å². The van der Waals surface area contributed by atoms with Crippen LogP contribution in [0.1, 0.15) is 37.7 Å². The Morgan fingerprint density at radius 2 is 1.68 bits per heavy atom. The lowest BCUT2D eigenvalue weighted by Crippen LogP contribution is -2.29. The van der Waals surface area contributed by atoms with Crippen molar-refractivity contribution in [3.63, 3.8) is 0 Å². The SMILES string of the molecule is O=C(CCCNC(=O)C1CC1)NCCCS(=O)(=O)Cc1ccccc1. The molecule has 2 rings (SSSR count). The highest BCUT2D eigenvalue weighted by Crippen LogP contribution is 2.28. The van der Waals surface area contributed by atoms with Crippen LogP contribution < -0.4 is 10.6 Å². The van der Waals surface area contributed by atoms with E-state index < -0.39 is 9.84 Å². The highest BCUT2D eigenvalue weighted by molar-refractivity contribution is 7.90. The molecule has 0 saturated heterocycles. The molecule has 0 atom stereocenters. The first-order valence-corrected chi connectivity index (χ1v) is 10.6. The van der Waals surface area contributed by atoms with Gasteiger partial charge in [-0.3, -0.25) is 9.59 Å². The molecule has 25 heavy (non-hydrogen) atoms. The zero-order chi connectivity index (χ0) is 18.1. The molecule has 1 aliphatic carbocycles. The number of hydrogen-bond acceptors (Lipinski definition) is 4. The third-order valence-corrected chi connectivity index (χ3v) is 5.70. The van der Waals surface area contributed by atoms with E-state index in [0.717, 1.165) is 18.4 Å². The summed E-state index contributed by atoms with van der Waals surface area (Å²) in [7, 11) is -3.16. The summed E-state index contributed by atoms with van der Waals surface area (Å²) in [5, 5.41) is 5.54. The molecule has 1 aliphatic rings. The van der Waals surface area contributed by atoms with Crippen molar-refractivity contribution < 1.29 is 18.0 Å². The Kier molecular flexibility index (Phi) is 7.43. The van der Waals surface area contributed by atoms with Gasteiger partial charge in [-0.15, -0.1) is 0 Å². The van der Waals surface area contributed by atoms with E-state index in [2.05, 4.69) is 10.6 Å². The lowest BCUT2D eigenvalue weighted by atomic mass is 10.2. The average molecular weight is 366 g/mol. The second kappa shape index (κ2) is 9.56. The molecule has 0 bridgehead atoms. The van der Waals surface area contributed by atoms with Gasteiger partial charge in [0, 0.05) is 25.4 Å². The van der Waals surface area contributed by atoms with E-state index in [1.165, 1.54) is 0 Å². The summed E-state index contributed by atoms with van der Waals surface area (Å²) in [5.74, 6) is 0.249. The van der Waals surface area contributed by atoms with Gasteiger partial charge in [0.2, 0.25) is 11.8 Å². The number of amides is 2. The van der Waals surface area contributed by atoms with Crippen molar-refractivity contribution in [1.82, 2.24) is 10.6 Å². The molecule has 138 valence electrons. The molecule has 2 amide bonds. The van der Waals surface area contributed by atoms with Crippen molar-refractivity contribution in [2.75, 3.05) is 18.8 Å². The summed E-state index contributed by atoms with van der Waals surface area (Å²) in [6.45, 7) is 0.857. The van der Waals surface area contributed by atoms with Crippen LogP contribution in [0, 0.1) is 5.92 Å². The van der Waals surface area contributed by atoms with Gasteiger partial charge in [0.25, 0.3) is 0 Å². The maximum absolute atomic E-state index is 12.0. The molecule has 1 aromatic carbocycles. The second-order valence-corrected chi connectivity index (χ2v) is 8.63. The van der Waals surface area contributed by atoms with E-state index in [-0.39, 0.29) is 29.2 Å². The first kappa shape index (κ1) is 19.4. The molecule has 1 aromatic rings. The average Bonchev–Trinajstić information content (AvgIpc) is 3.41. The highest BCUT2D eigenvalue weighted by atomic mass is 32.2. The lowest BCUT2D eigenvalue weighted by Gasteiger charge is -2.07. The summed E-state index contributed by atoms with van der Waals surface area (Å²) in [6, 6.07) is 9.07. The molecule has 6 nitrogen and oxygen atoms in total. The number of rotatable bonds is 11. The van der Waals surface area contributed by atoms with E-state index in [1.807, 2.05) is 18.2 Å². The molecular formula is C18H26N2O4S. The van der Waals surface area contributed by atoms with Crippen molar-refractivity contribution in [1.29, 1.82) is 0 Å². The van der Waals surface area contributed by atoms with Gasteiger partial charge in [-0.05, 0) is 31.2 Å². The van der Waals surface area contributed by atoms with Crippen molar-refractivity contribution >= 4 is 21.7 Å². The molecule has 0 aromatic heterocycles. The van der Waals surface area contributed by atoms with Gasteiger partial charge in [0.05, 0.1) is 11.5 Å². The van der Waals surface area contributed by atoms with Gasteiger partial charge in [0.15, 0.2) is 9.84 Å². The standard InChI is InChI=1S/C18H26N2O4S/c21-17(8-4-11-20-18(22)16-9-10-16)19-12-5-13-25(23,24)14-15-6-2-1-3-7-15/h1-3,6-7,16H,4-5,8-14H2,(H,19,21)(H,20,22). The largest absolute Gasteiger partial charge is 0.356 e. The Bertz CT molecular complexity index is 670. The zero-order valence-corrected chi connectivity index (χ0v) is 15.2. The Balaban J connectivity index is 1.52. The monoisotopic (exact) mass is 366 g/mol. The quantitative estimate of drug-likeness (QED) is 0.579. The van der Waals surface area contributed by atoms with Crippen LogP contribution in [0.4, 0.5) is 0 Å². The van der Waals surface area contributed by atoms with E-state index in [9.17, 15) is 18.0 Å². The van der Waals surface area contributed by atoms with Crippen molar-refractivity contribution in [2.24, 2.45) is 5.92 Å². The molecule has 0 heterocycles. The summed E-state index contributed by atoms with van der Waals surface area (Å²) >= 11 is 0. The third kappa shape index (κ3) is 8.16. The van der Waals surface area contributed by atoms with Crippen LogP contribution in [0.25, 0.3) is 0 Å². The second-order valence-electron chi connectivity index (χ2n) is 6.45. The minimum absolute atomic E-state index is 0.0302. The van der Waals surface area contributed by atoms with Gasteiger partial charge < -0.3 is 10.6 Å². The molecule has 0 unspecified atom stereocenters. The number of hydrogen-bond donors (Lipinski definition) is 2. The smallest absolute Gasteiger partial charge is 0.223 e. The summed E-state index contributed by atoms with van der Waals surface area (Å²) in [4.78, 5) is 23.1. The fourth-order valence-electron chi connectivity index (χ4n) is 2.46. The molecule has 1 fully saturated rings. The number of carbonyl (C=O) groups excluding carboxylic acids is 2. The Morgan fingerprint density at radius 1 is 1.00 bits per heavy atom. The number of sulfone groups is 1. The van der Waals surface area contributed by atoms with Gasteiger partial charge in [0.1, 0.15) is 0 Å². The summed E-state index contributed by atoms with van der Waals surface area (Å²) in [5.41, 5.74) is 0.778. The third-order valence-electron chi connectivity index (χ3n) is 4.01. The molecule has 7 heteroatoms. The normalized spacial score (nSPS) is 14.1. The Hall–Kier alpha value is -1.89. The van der Waals surface area contributed by atoms with E-state index in [0.29, 0.717) is 32.4 Å². The van der Waals surface area contributed by atoms with Crippen LogP contribution in [-0.2, 0) is 25.2 Å². The number of nitrogens with one attached hydrogen (secondary N) is 2. The van der Waals surface area contributed by atoms with E-state index in [4.69, 9.17) is 0 Å². The number of carbonyl (C=O) groups is 2. The minimum atomic E-state index is -3.16. The molecular weight excluding hydrogens is 340 g/mol. The molecule has 1 saturated carbocycles. The topological polar surface area (TPSA) is 92.3 Å². The van der Waals surface area contributed by atoms with Crippen molar-refractivity contribution in [3.05, 3.63) is 35.9 Å². The van der Waals surface area contributed by atoms with Crippen LogP contribution in [0.3, 0.4) is 0 Å². The number of benzene rings is 1. The molecule has 2 N–H and O–H groups in total. The predicted octanol–water partition coefficient (Wildman–Crippen LogP) is 1.41. The maximum Gasteiger partial charge on any atom is 0.223 e. The van der Waals surface area contributed by atoms with Crippen LogP contribution in [0.5, 0.6) is 0 Å². The summed E-state index contributed by atoms with van der Waals surface area (Å²) < 4.78 is 24.1. The lowest BCUT2D eigenvalue weighted by molar-refractivity contribution is -0.123. The van der Waals surface area contributed by atoms with E-state index in [1.54, 1.807) is 12.1 Å². The fraction of sp³-hybridized carbons (Fsp3) is 0.556. The van der Waals surface area contributed by atoms with E-state index >= 15 is 0 Å². The van der Waals surface area contributed by atoms with Crippen molar-refractivity contribution in [3.8, 4) is 0 Å².